The van der Waals surface area contributed by atoms with Gasteiger partial charge >= 0.3 is 0 Å². The van der Waals surface area contributed by atoms with Crippen molar-refractivity contribution in [2.75, 3.05) is 11.4 Å². The highest BCUT2D eigenvalue weighted by Crippen LogP contribution is 2.37. The number of rotatable bonds is 2. The summed E-state index contributed by atoms with van der Waals surface area (Å²) in [6, 6.07) is 5.08. The third kappa shape index (κ3) is 2.62. The summed E-state index contributed by atoms with van der Waals surface area (Å²) in [7, 11) is 0. The summed E-state index contributed by atoms with van der Waals surface area (Å²) in [6.45, 7) is 3.18. The fourth-order valence-electron chi connectivity index (χ4n) is 3.78. The third-order valence-corrected chi connectivity index (χ3v) is 4.81. The summed E-state index contributed by atoms with van der Waals surface area (Å²) in [5, 5.41) is 0. The maximum absolute atomic E-state index is 5.87. The zero-order valence-electron chi connectivity index (χ0n) is 11.9. The van der Waals surface area contributed by atoms with Gasteiger partial charge in [-0.25, -0.2) is 0 Å². The van der Waals surface area contributed by atoms with E-state index in [4.69, 9.17) is 5.73 Å². The molecule has 104 valence electrons. The monoisotopic (exact) mass is 259 g/mol. The lowest BCUT2D eigenvalue weighted by Crippen LogP contribution is -2.46. The van der Waals surface area contributed by atoms with Crippen molar-refractivity contribution in [1.82, 2.24) is 4.98 Å². The van der Waals surface area contributed by atoms with Gasteiger partial charge < -0.3 is 10.6 Å². The van der Waals surface area contributed by atoms with Crippen LogP contribution in [0.4, 0.5) is 5.69 Å². The summed E-state index contributed by atoms with van der Waals surface area (Å²) < 4.78 is 0. The van der Waals surface area contributed by atoms with E-state index in [1.807, 2.05) is 13.1 Å². The highest BCUT2D eigenvalue weighted by atomic mass is 15.2. The topological polar surface area (TPSA) is 42.1 Å². The molecule has 3 atom stereocenters. The van der Waals surface area contributed by atoms with Gasteiger partial charge in [0, 0.05) is 18.6 Å². The van der Waals surface area contributed by atoms with Gasteiger partial charge in [-0.05, 0) is 50.7 Å². The molecule has 1 aliphatic heterocycles. The van der Waals surface area contributed by atoms with Crippen LogP contribution in [-0.2, 0) is 0 Å². The molecule has 2 aliphatic rings. The van der Waals surface area contributed by atoms with Crippen LogP contribution in [0.1, 0.15) is 57.2 Å². The summed E-state index contributed by atoms with van der Waals surface area (Å²) >= 11 is 0. The van der Waals surface area contributed by atoms with Crippen LogP contribution in [0.5, 0.6) is 0 Å². The number of piperidine rings is 1. The van der Waals surface area contributed by atoms with Crippen molar-refractivity contribution in [2.24, 2.45) is 11.7 Å². The molecule has 0 aromatic carbocycles. The molecule has 0 bridgehead atoms. The second-order valence-corrected chi connectivity index (χ2v) is 6.18. The van der Waals surface area contributed by atoms with E-state index >= 15 is 0 Å². The van der Waals surface area contributed by atoms with Gasteiger partial charge in [-0.15, -0.1) is 0 Å². The van der Waals surface area contributed by atoms with Crippen molar-refractivity contribution >= 4 is 5.69 Å². The summed E-state index contributed by atoms with van der Waals surface area (Å²) in [5.41, 5.74) is 8.15. The first-order valence-corrected chi connectivity index (χ1v) is 7.74. The zero-order valence-corrected chi connectivity index (χ0v) is 11.9. The van der Waals surface area contributed by atoms with E-state index in [1.54, 1.807) is 0 Å². The number of hydrogen-bond donors (Lipinski definition) is 1. The second-order valence-electron chi connectivity index (χ2n) is 6.18. The fourth-order valence-corrected chi connectivity index (χ4v) is 3.78. The molecule has 0 unspecified atom stereocenters. The summed E-state index contributed by atoms with van der Waals surface area (Å²) in [4.78, 5) is 7.13. The molecule has 0 radical (unpaired) electrons. The number of aromatic nitrogens is 1. The number of hydrogen-bond acceptors (Lipinski definition) is 3. The van der Waals surface area contributed by atoms with Crippen LogP contribution in [0.3, 0.4) is 0 Å². The molecule has 1 saturated carbocycles. The molecule has 0 amide bonds. The molecule has 2 heterocycles. The lowest BCUT2D eigenvalue weighted by molar-refractivity contribution is 0.243. The number of nitrogens with two attached hydrogens (primary N) is 1. The van der Waals surface area contributed by atoms with Crippen molar-refractivity contribution in [3.8, 4) is 0 Å². The Hall–Kier alpha value is -1.09. The van der Waals surface area contributed by atoms with Gasteiger partial charge in [0.1, 0.15) is 0 Å². The molecule has 2 fully saturated rings. The van der Waals surface area contributed by atoms with Crippen molar-refractivity contribution in [3.05, 3.63) is 24.0 Å². The molecule has 19 heavy (non-hydrogen) atoms. The van der Waals surface area contributed by atoms with E-state index in [1.165, 1.54) is 50.8 Å². The Kier molecular flexibility index (Phi) is 3.74. The molecule has 1 saturated heterocycles. The molecule has 1 aromatic heterocycles. The van der Waals surface area contributed by atoms with Crippen LogP contribution in [0.25, 0.3) is 0 Å². The first-order valence-electron chi connectivity index (χ1n) is 7.74. The average Bonchev–Trinajstić information content (AvgIpc) is 2.47. The minimum Gasteiger partial charge on any atom is -0.367 e. The van der Waals surface area contributed by atoms with E-state index in [0.29, 0.717) is 0 Å². The molecular formula is C16H25N3. The van der Waals surface area contributed by atoms with Gasteiger partial charge in [-0.2, -0.15) is 0 Å². The molecule has 3 heteroatoms. The van der Waals surface area contributed by atoms with Crippen LogP contribution in [-0.4, -0.2) is 17.6 Å². The quantitative estimate of drug-likeness (QED) is 0.886. The van der Waals surface area contributed by atoms with E-state index in [2.05, 4.69) is 22.0 Å². The van der Waals surface area contributed by atoms with Crippen molar-refractivity contribution in [3.63, 3.8) is 0 Å². The van der Waals surface area contributed by atoms with Gasteiger partial charge in [-0.3, -0.25) is 4.98 Å². The number of anilines is 1. The van der Waals surface area contributed by atoms with Crippen LogP contribution in [0, 0.1) is 5.92 Å². The van der Waals surface area contributed by atoms with Crippen molar-refractivity contribution in [1.29, 1.82) is 0 Å². The normalized spacial score (nSPS) is 28.8. The first-order chi connectivity index (χ1) is 9.25. The predicted molar refractivity (Wildman–Crippen MR) is 79.2 cm³/mol. The highest BCUT2D eigenvalue weighted by Gasteiger charge is 2.33. The van der Waals surface area contributed by atoms with Crippen molar-refractivity contribution in [2.45, 2.75) is 57.5 Å². The van der Waals surface area contributed by atoms with Crippen LogP contribution in [0.2, 0.25) is 0 Å². The Bertz CT molecular complexity index is 411. The maximum atomic E-state index is 5.87. The molecule has 1 aromatic rings. The zero-order chi connectivity index (χ0) is 13.2. The molecule has 3 nitrogen and oxygen atoms in total. The molecule has 1 aliphatic carbocycles. The Balaban J connectivity index is 1.79. The Morgan fingerprint density at radius 2 is 2.00 bits per heavy atom. The van der Waals surface area contributed by atoms with Crippen LogP contribution in [0.15, 0.2) is 18.3 Å². The number of nitrogens with zero attached hydrogens (tertiary/aromatic N) is 2. The van der Waals surface area contributed by atoms with E-state index < -0.39 is 0 Å². The van der Waals surface area contributed by atoms with Crippen LogP contribution >= 0.6 is 0 Å². The SMILES string of the molecule is C[C@H](N)c1ccc(N2CCC[C@H]3CCCC[C@H]32)cn1. The largest absolute Gasteiger partial charge is 0.367 e. The van der Waals surface area contributed by atoms with Gasteiger partial charge in [0.05, 0.1) is 17.6 Å². The Morgan fingerprint density at radius 3 is 2.74 bits per heavy atom. The van der Waals surface area contributed by atoms with Gasteiger partial charge in [0.15, 0.2) is 0 Å². The average molecular weight is 259 g/mol. The summed E-state index contributed by atoms with van der Waals surface area (Å²) in [5.74, 6) is 0.913. The fraction of sp³-hybridized carbons (Fsp3) is 0.688. The number of fused-ring (bicyclic) bond motifs is 1. The minimum absolute atomic E-state index is 0.0258. The molecular weight excluding hydrogens is 234 g/mol. The lowest BCUT2D eigenvalue weighted by atomic mass is 9.78. The Labute approximate surface area is 116 Å². The first kappa shape index (κ1) is 12.9. The van der Waals surface area contributed by atoms with Crippen LogP contribution < -0.4 is 10.6 Å². The Morgan fingerprint density at radius 1 is 1.21 bits per heavy atom. The van der Waals surface area contributed by atoms with E-state index in [0.717, 1.165) is 17.7 Å². The summed E-state index contributed by atoms with van der Waals surface area (Å²) in [6.07, 6.45) is 10.4. The van der Waals surface area contributed by atoms with Crippen molar-refractivity contribution < 1.29 is 0 Å². The van der Waals surface area contributed by atoms with Gasteiger partial charge in [0.25, 0.3) is 0 Å². The molecule has 3 rings (SSSR count). The maximum Gasteiger partial charge on any atom is 0.0569 e. The highest BCUT2D eigenvalue weighted by molar-refractivity contribution is 5.46. The molecule has 0 spiro atoms. The number of pyridine rings is 1. The third-order valence-electron chi connectivity index (χ3n) is 4.81. The standard InChI is InChI=1S/C16H25N3/c1-12(17)15-9-8-14(11-18-15)19-10-4-6-13-5-2-3-7-16(13)19/h8-9,11-13,16H,2-7,10,17H2,1H3/t12-,13+,16+/m0/s1. The van der Waals surface area contributed by atoms with Gasteiger partial charge in [-0.1, -0.05) is 12.8 Å². The smallest absolute Gasteiger partial charge is 0.0569 e. The van der Waals surface area contributed by atoms with E-state index in [9.17, 15) is 0 Å². The van der Waals surface area contributed by atoms with Gasteiger partial charge in [0.2, 0.25) is 0 Å². The minimum atomic E-state index is 0.0258. The predicted octanol–water partition coefficient (Wildman–Crippen LogP) is 3.26. The lowest BCUT2D eigenvalue weighted by Gasteiger charge is -2.45. The second kappa shape index (κ2) is 5.49. The molecule has 2 N–H and O–H groups in total. The van der Waals surface area contributed by atoms with E-state index in [-0.39, 0.29) is 6.04 Å².